The first-order valence-electron chi connectivity index (χ1n) is 3.87. The van der Waals surface area contributed by atoms with E-state index in [0.717, 1.165) is 0 Å². The van der Waals surface area contributed by atoms with Crippen LogP contribution in [0.25, 0.3) is 0 Å². The van der Waals surface area contributed by atoms with Crippen LogP contribution in [0.15, 0.2) is 10.7 Å². The second-order valence-corrected chi connectivity index (χ2v) is 3.57. The van der Waals surface area contributed by atoms with Crippen molar-refractivity contribution >= 4 is 15.9 Å². The molecule has 0 bridgehead atoms. The molecule has 0 unspecified atom stereocenters. The number of alkyl halides is 2. The monoisotopic (exact) mass is 260 g/mol. The normalized spacial score (nSPS) is 10.3. The van der Waals surface area contributed by atoms with E-state index in [4.69, 9.17) is 5.26 Å². The average Bonchev–Trinajstić information content (AvgIpc) is 2.01. The van der Waals surface area contributed by atoms with E-state index in [1.54, 1.807) is 6.92 Å². The number of nitrogens with zero attached hydrogens (tertiary/aromatic N) is 2. The van der Waals surface area contributed by atoms with E-state index in [-0.39, 0.29) is 17.7 Å². The highest BCUT2D eigenvalue weighted by atomic mass is 79.9. The maximum absolute atomic E-state index is 12.6. The number of hydrogen-bond acceptors (Lipinski definition) is 2. The van der Waals surface area contributed by atoms with Gasteiger partial charge in [-0.2, -0.15) is 5.26 Å². The summed E-state index contributed by atoms with van der Waals surface area (Å²) in [7, 11) is 0. The van der Waals surface area contributed by atoms with Gasteiger partial charge in [-0.3, -0.25) is 0 Å². The molecular formula is C9H7BrF2N2. The summed E-state index contributed by atoms with van der Waals surface area (Å²) in [5.74, 6) is 0. The molecule has 0 N–H and O–H groups in total. The average molecular weight is 261 g/mol. The molecule has 0 aromatic carbocycles. The molecule has 1 rings (SSSR count). The molecule has 14 heavy (non-hydrogen) atoms. The lowest BCUT2D eigenvalue weighted by Gasteiger charge is -2.09. The molecular weight excluding hydrogens is 254 g/mol. The van der Waals surface area contributed by atoms with Crippen molar-refractivity contribution in [2.75, 3.05) is 0 Å². The van der Waals surface area contributed by atoms with Crippen LogP contribution in [0.1, 0.15) is 23.2 Å². The molecule has 5 heteroatoms. The lowest BCUT2D eigenvalue weighted by atomic mass is 10.1. The fraction of sp³-hybridized carbons (Fsp3) is 0.333. The minimum absolute atomic E-state index is 0.0973. The van der Waals surface area contributed by atoms with Crippen LogP contribution in [0, 0.1) is 18.3 Å². The van der Waals surface area contributed by atoms with Crippen LogP contribution in [-0.4, -0.2) is 4.98 Å². The third-order valence-corrected chi connectivity index (χ3v) is 2.18. The van der Waals surface area contributed by atoms with Crippen LogP contribution in [0.2, 0.25) is 0 Å². The quantitative estimate of drug-likeness (QED) is 0.766. The number of halogens is 3. The Labute approximate surface area is 88.7 Å². The lowest BCUT2D eigenvalue weighted by Crippen LogP contribution is -2.01. The molecule has 2 nitrogen and oxygen atoms in total. The van der Waals surface area contributed by atoms with E-state index in [1.165, 1.54) is 6.07 Å². The smallest absolute Gasteiger partial charge is 0.244 e. The minimum atomic E-state index is -2.58. The molecule has 0 saturated heterocycles. The SMILES string of the molecule is Cc1cc(Br)nc(CC#N)c1C(F)F. The Balaban J connectivity index is 3.30. The highest BCUT2D eigenvalue weighted by molar-refractivity contribution is 9.10. The topological polar surface area (TPSA) is 36.7 Å². The van der Waals surface area contributed by atoms with Crippen molar-refractivity contribution in [3.8, 4) is 6.07 Å². The maximum Gasteiger partial charge on any atom is 0.265 e. The minimum Gasteiger partial charge on any atom is -0.244 e. The van der Waals surface area contributed by atoms with Gasteiger partial charge in [0.15, 0.2) is 0 Å². The highest BCUT2D eigenvalue weighted by Crippen LogP contribution is 2.27. The van der Waals surface area contributed by atoms with Crippen LogP contribution in [0.5, 0.6) is 0 Å². The van der Waals surface area contributed by atoms with Crippen LogP contribution >= 0.6 is 15.9 Å². The summed E-state index contributed by atoms with van der Waals surface area (Å²) >= 11 is 3.10. The van der Waals surface area contributed by atoms with Gasteiger partial charge in [-0.1, -0.05) is 0 Å². The summed E-state index contributed by atoms with van der Waals surface area (Å²) in [6.07, 6.45) is -2.68. The van der Waals surface area contributed by atoms with E-state index < -0.39 is 6.43 Å². The van der Waals surface area contributed by atoms with E-state index in [1.807, 2.05) is 6.07 Å². The van der Waals surface area contributed by atoms with Gasteiger partial charge in [-0.25, -0.2) is 13.8 Å². The van der Waals surface area contributed by atoms with E-state index >= 15 is 0 Å². The predicted molar refractivity (Wildman–Crippen MR) is 50.9 cm³/mol. The van der Waals surface area contributed by atoms with Crippen LogP contribution in [0.3, 0.4) is 0 Å². The number of aromatic nitrogens is 1. The Kier molecular flexibility index (Phi) is 3.53. The molecule has 0 aliphatic rings. The Hall–Kier alpha value is -1.02. The van der Waals surface area contributed by atoms with Gasteiger partial charge in [0.2, 0.25) is 0 Å². The van der Waals surface area contributed by atoms with Crippen molar-refractivity contribution < 1.29 is 8.78 Å². The first kappa shape index (κ1) is 11.1. The third-order valence-electron chi connectivity index (χ3n) is 1.78. The molecule has 1 aromatic heterocycles. The van der Waals surface area contributed by atoms with Crippen molar-refractivity contribution in [3.63, 3.8) is 0 Å². The summed E-state index contributed by atoms with van der Waals surface area (Å²) in [5.41, 5.74) is 0.469. The molecule has 0 spiro atoms. The molecule has 0 fully saturated rings. The fourth-order valence-corrected chi connectivity index (χ4v) is 1.77. The summed E-state index contributed by atoms with van der Waals surface area (Å²) in [4.78, 5) is 3.86. The first-order chi connectivity index (χ1) is 6.56. The van der Waals surface area contributed by atoms with Crippen molar-refractivity contribution in [2.45, 2.75) is 19.8 Å². The maximum atomic E-state index is 12.6. The first-order valence-corrected chi connectivity index (χ1v) is 4.66. The summed E-state index contributed by atoms with van der Waals surface area (Å²) in [5, 5.41) is 8.46. The molecule has 0 saturated carbocycles. The van der Waals surface area contributed by atoms with Gasteiger partial charge >= 0.3 is 0 Å². The fourth-order valence-electron chi connectivity index (χ4n) is 1.21. The molecule has 1 aromatic rings. The van der Waals surface area contributed by atoms with Crippen LogP contribution in [0.4, 0.5) is 8.78 Å². The number of pyridine rings is 1. The molecule has 0 aliphatic heterocycles. The molecule has 74 valence electrons. The van der Waals surface area contributed by atoms with Gasteiger partial charge in [-0.05, 0) is 34.5 Å². The molecule has 0 aliphatic carbocycles. The largest absolute Gasteiger partial charge is 0.265 e. The van der Waals surface area contributed by atoms with E-state index in [0.29, 0.717) is 10.2 Å². The summed E-state index contributed by atoms with van der Waals surface area (Å²) < 4.78 is 25.6. The van der Waals surface area contributed by atoms with Crippen LogP contribution in [-0.2, 0) is 6.42 Å². The standard InChI is InChI=1S/C9H7BrF2N2/c1-5-4-7(10)14-6(2-3-13)8(5)9(11)12/h4,9H,2H2,1H3. The Bertz CT molecular complexity index is 385. The number of rotatable bonds is 2. The van der Waals surface area contributed by atoms with Gasteiger partial charge in [-0.15, -0.1) is 0 Å². The second-order valence-electron chi connectivity index (χ2n) is 2.76. The van der Waals surface area contributed by atoms with Crippen molar-refractivity contribution in [1.29, 1.82) is 5.26 Å². The number of hydrogen-bond donors (Lipinski definition) is 0. The Morgan fingerprint density at radius 3 is 2.79 bits per heavy atom. The van der Waals surface area contributed by atoms with Gasteiger partial charge in [0, 0.05) is 5.56 Å². The Morgan fingerprint density at radius 2 is 2.29 bits per heavy atom. The van der Waals surface area contributed by atoms with Gasteiger partial charge in [0.05, 0.1) is 18.2 Å². The zero-order chi connectivity index (χ0) is 10.7. The molecule has 0 amide bonds. The van der Waals surface area contributed by atoms with E-state index in [2.05, 4.69) is 20.9 Å². The highest BCUT2D eigenvalue weighted by Gasteiger charge is 2.17. The zero-order valence-electron chi connectivity index (χ0n) is 7.39. The summed E-state index contributed by atoms with van der Waals surface area (Å²) in [6.45, 7) is 1.58. The zero-order valence-corrected chi connectivity index (χ0v) is 8.98. The molecule has 0 atom stereocenters. The van der Waals surface area contributed by atoms with E-state index in [9.17, 15) is 8.78 Å². The van der Waals surface area contributed by atoms with Crippen molar-refractivity contribution in [2.24, 2.45) is 0 Å². The van der Waals surface area contributed by atoms with Crippen molar-refractivity contribution in [3.05, 3.63) is 27.5 Å². The van der Waals surface area contributed by atoms with Gasteiger partial charge < -0.3 is 0 Å². The van der Waals surface area contributed by atoms with Crippen LogP contribution < -0.4 is 0 Å². The lowest BCUT2D eigenvalue weighted by molar-refractivity contribution is 0.149. The van der Waals surface area contributed by atoms with Gasteiger partial charge in [0.1, 0.15) is 4.60 Å². The Morgan fingerprint density at radius 1 is 1.64 bits per heavy atom. The molecule has 0 radical (unpaired) electrons. The predicted octanol–water partition coefficient (Wildman–Crippen LogP) is 3.16. The third kappa shape index (κ3) is 2.26. The molecule has 1 heterocycles. The summed E-state index contributed by atoms with van der Waals surface area (Å²) in [6, 6.07) is 3.33. The number of aryl methyl sites for hydroxylation is 1. The van der Waals surface area contributed by atoms with Crippen molar-refractivity contribution in [1.82, 2.24) is 4.98 Å². The second kappa shape index (κ2) is 4.47. The number of nitriles is 1. The van der Waals surface area contributed by atoms with Gasteiger partial charge in [0.25, 0.3) is 6.43 Å².